The molecule has 0 atom stereocenters. The molecular weight excluding hydrogens is 272 g/mol. The van der Waals surface area contributed by atoms with Crippen LogP contribution >= 0.6 is 11.6 Å². The third-order valence-electron chi connectivity index (χ3n) is 2.92. The lowest BCUT2D eigenvalue weighted by Crippen LogP contribution is -2.06. The molecular formula is C16H19ClN2O. The van der Waals surface area contributed by atoms with Crippen LogP contribution in [-0.4, -0.2) is 11.1 Å². The molecule has 2 rings (SSSR count). The Hall–Kier alpha value is -1.74. The zero-order valence-electron chi connectivity index (χ0n) is 12.0. The lowest BCUT2D eigenvalue weighted by atomic mass is 10.1. The average molecular weight is 291 g/mol. The lowest BCUT2D eigenvalue weighted by Gasteiger charge is -2.13. The van der Waals surface area contributed by atoms with Crippen molar-refractivity contribution in [3.63, 3.8) is 0 Å². The van der Waals surface area contributed by atoms with Gasteiger partial charge in [0.05, 0.1) is 11.1 Å². The molecule has 1 aromatic heterocycles. The number of rotatable bonds is 5. The third-order valence-corrected chi connectivity index (χ3v) is 3.22. The summed E-state index contributed by atoms with van der Waals surface area (Å²) in [6.45, 7) is 6.76. The molecule has 2 aromatic rings. The fourth-order valence-corrected chi connectivity index (χ4v) is 2.06. The highest BCUT2D eigenvalue weighted by Gasteiger charge is 2.05. The Morgan fingerprint density at radius 1 is 1.30 bits per heavy atom. The number of nitrogens with zero attached hydrogens (tertiary/aromatic N) is 1. The van der Waals surface area contributed by atoms with Crippen LogP contribution in [0.2, 0.25) is 5.02 Å². The van der Waals surface area contributed by atoms with Crippen molar-refractivity contribution in [2.45, 2.75) is 33.4 Å². The van der Waals surface area contributed by atoms with Gasteiger partial charge in [0.1, 0.15) is 5.75 Å². The van der Waals surface area contributed by atoms with Gasteiger partial charge in [0, 0.05) is 24.6 Å². The van der Waals surface area contributed by atoms with Crippen molar-refractivity contribution < 1.29 is 4.74 Å². The van der Waals surface area contributed by atoms with Crippen molar-refractivity contribution in [3.05, 3.63) is 52.8 Å². The molecule has 0 unspecified atom stereocenters. The van der Waals surface area contributed by atoms with Gasteiger partial charge in [-0.2, -0.15) is 0 Å². The third kappa shape index (κ3) is 3.87. The van der Waals surface area contributed by atoms with Crippen LogP contribution in [0.1, 0.15) is 25.0 Å². The summed E-state index contributed by atoms with van der Waals surface area (Å²) in [4.78, 5) is 4.14. The molecule has 0 aliphatic heterocycles. The van der Waals surface area contributed by atoms with E-state index in [1.807, 2.05) is 44.3 Å². The number of hydrogen-bond acceptors (Lipinski definition) is 3. The minimum absolute atomic E-state index is 0.115. The van der Waals surface area contributed by atoms with E-state index in [-0.39, 0.29) is 6.10 Å². The number of halogens is 1. The molecule has 3 nitrogen and oxygen atoms in total. The first-order valence-electron chi connectivity index (χ1n) is 6.66. The van der Waals surface area contributed by atoms with Gasteiger partial charge in [-0.25, -0.2) is 0 Å². The molecule has 1 aromatic carbocycles. The molecule has 20 heavy (non-hydrogen) atoms. The summed E-state index contributed by atoms with van der Waals surface area (Å²) in [7, 11) is 0. The van der Waals surface area contributed by atoms with Crippen LogP contribution in [0.25, 0.3) is 0 Å². The van der Waals surface area contributed by atoms with Crippen molar-refractivity contribution in [3.8, 4) is 5.75 Å². The summed E-state index contributed by atoms with van der Waals surface area (Å²) in [5.41, 5.74) is 3.36. The van der Waals surface area contributed by atoms with Gasteiger partial charge in [-0.1, -0.05) is 11.6 Å². The Morgan fingerprint density at radius 2 is 2.10 bits per heavy atom. The molecule has 0 bridgehead atoms. The number of hydrogen-bond donors (Lipinski definition) is 1. The monoisotopic (exact) mass is 290 g/mol. The molecule has 1 heterocycles. The standard InChI is InChI=1S/C16H19ClN2O/c1-11(2)20-16-5-4-14(8-15(16)17)19-10-13-9-18-7-6-12(13)3/h4-9,11,19H,10H2,1-3H3. The van der Waals surface area contributed by atoms with E-state index in [2.05, 4.69) is 17.2 Å². The largest absolute Gasteiger partial charge is 0.489 e. The first-order chi connectivity index (χ1) is 9.56. The minimum Gasteiger partial charge on any atom is -0.489 e. The van der Waals surface area contributed by atoms with Crippen LogP contribution in [0.4, 0.5) is 5.69 Å². The van der Waals surface area contributed by atoms with Crippen LogP contribution in [0.3, 0.4) is 0 Å². The van der Waals surface area contributed by atoms with Gasteiger partial charge in [-0.3, -0.25) is 4.98 Å². The van der Waals surface area contributed by atoms with E-state index >= 15 is 0 Å². The summed E-state index contributed by atoms with van der Waals surface area (Å²) in [6.07, 6.45) is 3.79. The first kappa shape index (κ1) is 14.7. The van der Waals surface area contributed by atoms with Crippen LogP contribution in [0.15, 0.2) is 36.7 Å². The van der Waals surface area contributed by atoms with E-state index < -0.39 is 0 Å². The second-order valence-electron chi connectivity index (χ2n) is 4.97. The van der Waals surface area contributed by atoms with Gasteiger partial charge in [0.2, 0.25) is 0 Å². The van der Waals surface area contributed by atoms with Crippen LogP contribution in [0.5, 0.6) is 5.75 Å². The van der Waals surface area contributed by atoms with Crippen molar-refractivity contribution in [2.24, 2.45) is 0 Å². The van der Waals surface area contributed by atoms with Gasteiger partial charge in [-0.15, -0.1) is 0 Å². The highest BCUT2D eigenvalue weighted by molar-refractivity contribution is 6.32. The molecule has 0 aliphatic rings. The molecule has 0 spiro atoms. The Kier molecular flexibility index (Phi) is 4.85. The molecule has 106 valence electrons. The maximum atomic E-state index is 6.21. The normalized spacial score (nSPS) is 10.7. The zero-order chi connectivity index (χ0) is 14.5. The van der Waals surface area contributed by atoms with Crippen molar-refractivity contribution in [1.29, 1.82) is 0 Å². The van der Waals surface area contributed by atoms with Crippen LogP contribution in [-0.2, 0) is 6.54 Å². The fraction of sp³-hybridized carbons (Fsp3) is 0.312. The van der Waals surface area contributed by atoms with Crippen LogP contribution < -0.4 is 10.1 Å². The second kappa shape index (κ2) is 6.62. The number of aryl methyl sites for hydroxylation is 1. The number of aromatic nitrogens is 1. The van der Waals surface area contributed by atoms with Gasteiger partial charge in [0.25, 0.3) is 0 Å². The van der Waals surface area contributed by atoms with Gasteiger partial charge < -0.3 is 10.1 Å². The maximum absolute atomic E-state index is 6.21. The molecule has 0 radical (unpaired) electrons. The summed E-state index contributed by atoms with van der Waals surface area (Å²) >= 11 is 6.21. The Labute approximate surface area is 124 Å². The summed E-state index contributed by atoms with van der Waals surface area (Å²) in [6, 6.07) is 7.74. The van der Waals surface area contributed by atoms with Crippen molar-refractivity contribution >= 4 is 17.3 Å². The molecule has 0 aliphatic carbocycles. The van der Waals surface area contributed by atoms with E-state index in [9.17, 15) is 0 Å². The molecule has 0 fully saturated rings. The topological polar surface area (TPSA) is 34.2 Å². The number of benzene rings is 1. The minimum atomic E-state index is 0.115. The summed E-state index contributed by atoms with van der Waals surface area (Å²) in [5, 5.41) is 3.96. The first-order valence-corrected chi connectivity index (χ1v) is 7.03. The molecule has 0 saturated carbocycles. The van der Waals surface area contributed by atoms with E-state index in [0.717, 1.165) is 12.2 Å². The SMILES string of the molecule is Cc1ccncc1CNc1ccc(OC(C)C)c(Cl)c1. The average Bonchev–Trinajstić information content (AvgIpc) is 2.40. The summed E-state index contributed by atoms with van der Waals surface area (Å²) in [5.74, 6) is 0.713. The number of anilines is 1. The van der Waals surface area contributed by atoms with E-state index in [4.69, 9.17) is 16.3 Å². The smallest absolute Gasteiger partial charge is 0.138 e. The number of pyridine rings is 1. The Bertz CT molecular complexity index is 584. The van der Waals surface area contributed by atoms with Gasteiger partial charge >= 0.3 is 0 Å². The molecule has 0 saturated heterocycles. The Morgan fingerprint density at radius 3 is 2.75 bits per heavy atom. The van der Waals surface area contributed by atoms with Crippen molar-refractivity contribution in [1.82, 2.24) is 4.98 Å². The maximum Gasteiger partial charge on any atom is 0.138 e. The second-order valence-corrected chi connectivity index (χ2v) is 5.37. The van der Waals surface area contributed by atoms with E-state index in [1.54, 1.807) is 6.20 Å². The number of nitrogens with one attached hydrogen (secondary N) is 1. The van der Waals surface area contributed by atoms with Gasteiger partial charge in [-0.05, 0) is 56.2 Å². The van der Waals surface area contributed by atoms with Crippen molar-refractivity contribution in [2.75, 3.05) is 5.32 Å². The summed E-state index contributed by atoms with van der Waals surface area (Å²) < 4.78 is 5.61. The highest BCUT2D eigenvalue weighted by Crippen LogP contribution is 2.28. The molecule has 0 amide bonds. The van der Waals surface area contributed by atoms with E-state index in [1.165, 1.54) is 11.1 Å². The molecule has 1 N–H and O–H groups in total. The van der Waals surface area contributed by atoms with Crippen LogP contribution in [0, 0.1) is 6.92 Å². The number of ether oxygens (including phenoxy) is 1. The quantitative estimate of drug-likeness (QED) is 0.884. The van der Waals surface area contributed by atoms with Gasteiger partial charge in [0.15, 0.2) is 0 Å². The lowest BCUT2D eigenvalue weighted by molar-refractivity contribution is 0.242. The highest BCUT2D eigenvalue weighted by atomic mass is 35.5. The van der Waals surface area contributed by atoms with E-state index in [0.29, 0.717) is 10.8 Å². The molecule has 4 heteroatoms. The zero-order valence-corrected chi connectivity index (χ0v) is 12.7. The predicted molar refractivity (Wildman–Crippen MR) is 83.5 cm³/mol. The fourth-order valence-electron chi connectivity index (χ4n) is 1.84. The predicted octanol–water partition coefficient (Wildman–Crippen LogP) is 4.44. The Balaban J connectivity index is 2.04.